The Morgan fingerprint density at radius 1 is 0.912 bits per heavy atom. The van der Waals surface area contributed by atoms with Gasteiger partial charge in [-0.2, -0.15) is 0 Å². The molecule has 3 nitrogen and oxygen atoms in total. The molecule has 6 atom stereocenters. The molecule has 4 rings (SSSR count). The van der Waals surface area contributed by atoms with Crippen LogP contribution in [0.15, 0.2) is 11.6 Å². The second kappa shape index (κ2) is 11.3. The zero-order valence-corrected chi connectivity index (χ0v) is 22.3. The number of allylic oxidation sites excluding steroid dienone is 1. The number of hydrogen-bond acceptors (Lipinski definition) is 3. The third-order valence-electron chi connectivity index (χ3n) is 10.6. The van der Waals surface area contributed by atoms with Crippen LogP contribution in [-0.2, 0) is 14.3 Å². The highest BCUT2D eigenvalue weighted by Crippen LogP contribution is 2.64. The summed E-state index contributed by atoms with van der Waals surface area (Å²) in [7, 11) is 0. The fourth-order valence-corrected chi connectivity index (χ4v) is 8.32. The Hall–Kier alpha value is -1.12. The summed E-state index contributed by atoms with van der Waals surface area (Å²) in [5, 5.41) is 0. The van der Waals surface area contributed by atoms with Gasteiger partial charge in [0, 0.05) is 24.7 Å². The number of ether oxygens (including phenoxy) is 1. The average molecular weight is 471 g/mol. The molecule has 4 aliphatic carbocycles. The number of hydrogen-bond donors (Lipinski definition) is 0. The molecule has 0 aromatic heterocycles. The summed E-state index contributed by atoms with van der Waals surface area (Å²) >= 11 is 0. The van der Waals surface area contributed by atoms with Gasteiger partial charge in [0.2, 0.25) is 0 Å². The fourth-order valence-electron chi connectivity index (χ4n) is 8.32. The summed E-state index contributed by atoms with van der Waals surface area (Å²) < 4.78 is 5.97. The Morgan fingerprint density at radius 2 is 1.56 bits per heavy atom. The highest BCUT2D eigenvalue weighted by molar-refractivity contribution is 5.87. The summed E-state index contributed by atoms with van der Waals surface area (Å²) in [6.45, 7) is 7.00. The van der Waals surface area contributed by atoms with Crippen LogP contribution in [0.5, 0.6) is 0 Å². The van der Waals surface area contributed by atoms with Gasteiger partial charge < -0.3 is 4.74 Å². The standard InChI is InChI=1S/C31H50O3/c1-4-5-6-7-8-9-10-11-12-13-29(33)34-24-18-20-30(2)23(22-24)14-15-25-26-16-17-28(32)31(26,3)21-19-27(25)30/h14,24-27H,4-13,15-22H2,1-3H3/t24-,25-,26-,27-,30-,31-/m0/s1. The molecule has 0 N–H and O–H groups in total. The maximum atomic E-state index is 12.6. The van der Waals surface area contributed by atoms with E-state index in [2.05, 4.69) is 26.8 Å². The molecule has 0 heterocycles. The van der Waals surface area contributed by atoms with Crippen LogP contribution < -0.4 is 0 Å². The highest BCUT2D eigenvalue weighted by Gasteiger charge is 2.58. The van der Waals surface area contributed by atoms with E-state index in [1.807, 2.05) is 0 Å². The average Bonchev–Trinajstić information content (AvgIpc) is 3.12. The van der Waals surface area contributed by atoms with Crippen molar-refractivity contribution in [1.82, 2.24) is 0 Å². The summed E-state index contributed by atoms with van der Waals surface area (Å²) in [5.41, 5.74) is 1.74. The summed E-state index contributed by atoms with van der Waals surface area (Å²) in [5.74, 6) is 2.50. The van der Waals surface area contributed by atoms with Crippen LogP contribution >= 0.6 is 0 Å². The van der Waals surface area contributed by atoms with Crippen molar-refractivity contribution in [1.29, 1.82) is 0 Å². The number of rotatable bonds is 11. The number of esters is 1. The monoisotopic (exact) mass is 470 g/mol. The maximum absolute atomic E-state index is 12.6. The van der Waals surface area contributed by atoms with Crippen molar-refractivity contribution in [3.8, 4) is 0 Å². The van der Waals surface area contributed by atoms with Crippen LogP contribution in [0.3, 0.4) is 0 Å². The zero-order valence-electron chi connectivity index (χ0n) is 22.3. The van der Waals surface area contributed by atoms with E-state index >= 15 is 0 Å². The molecule has 34 heavy (non-hydrogen) atoms. The lowest BCUT2D eigenvalue weighted by atomic mass is 9.48. The van der Waals surface area contributed by atoms with Gasteiger partial charge in [0.25, 0.3) is 0 Å². The minimum Gasteiger partial charge on any atom is -0.462 e. The van der Waals surface area contributed by atoms with Gasteiger partial charge in [-0.15, -0.1) is 0 Å². The van der Waals surface area contributed by atoms with Gasteiger partial charge in [-0.1, -0.05) is 83.8 Å². The number of Topliss-reactive ketones (excluding diaryl/α,β-unsaturated/α-hetero) is 1. The van der Waals surface area contributed by atoms with Crippen LogP contribution in [-0.4, -0.2) is 17.9 Å². The molecule has 0 bridgehead atoms. The third kappa shape index (κ3) is 5.34. The predicted molar refractivity (Wildman–Crippen MR) is 138 cm³/mol. The first-order chi connectivity index (χ1) is 16.4. The van der Waals surface area contributed by atoms with E-state index in [0.717, 1.165) is 57.8 Å². The molecule has 3 saturated carbocycles. The lowest BCUT2D eigenvalue weighted by Gasteiger charge is -2.56. The van der Waals surface area contributed by atoms with Gasteiger partial charge in [0.15, 0.2) is 0 Å². The van der Waals surface area contributed by atoms with Crippen molar-refractivity contribution in [2.45, 2.75) is 142 Å². The largest absolute Gasteiger partial charge is 0.462 e. The van der Waals surface area contributed by atoms with Crippen molar-refractivity contribution in [3.05, 3.63) is 11.6 Å². The van der Waals surface area contributed by atoms with E-state index < -0.39 is 0 Å². The van der Waals surface area contributed by atoms with Gasteiger partial charge in [-0.3, -0.25) is 9.59 Å². The maximum Gasteiger partial charge on any atom is 0.306 e. The van der Waals surface area contributed by atoms with Crippen molar-refractivity contribution in [2.24, 2.45) is 28.6 Å². The first-order valence-corrected chi connectivity index (χ1v) is 14.8. The smallest absolute Gasteiger partial charge is 0.306 e. The van der Waals surface area contributed by atoms with E-state index in [9.17, 15) is 9.59 Å². The van der Waals surface area contributed by atoms with E-state index in [4.69, 9.17) is 4.74 Å². The van der Waals surface area contributed by atoms with E-state index in [0.29, 0.717) is 30.0 Å². The zero-order chi connectivity index (χ0) is 24.2. The lowest BCUT2D eigenvalue weighted by Crippen LogP contribution is -2.50. The number of carbonyl (C=O) groups excluding carboxylic acids is 2. The second-order valence-electron chi connectivity index (χ2n) is 12.6. The van der Waals surface area contributed by atoms with Crippen molar-refractivity contribution >= 4 is 11.8 Å². The molecule has 0 saturated heterocycles. The second-order valence-corrected chi connectivity index (χ2v) is 12.6. The van der Waals surface area contributed by atoms with Crippen LogP contribution in [0.25, 0.3) is 0 Å². The number of fused-ring (bicyclic) bond motifs is 5. The van der Waals surface area contributed by atoms with Gasteiger partial charge in [0.1, 0.15) is 11.9 Å². The summed E-state index contributed by atoms with van der Waals surface area (Å²) in [6.07, 6.45) is 23.0. The molecule has 0 aromatic rings. The molecule has 0 spiro atoms. The van der Waals surface area contributed by atoms with E-state index in [-0.39, 0.29) is 22.9 Å². The molecular weight excluding hydrogens is 420 g/mol. The van der Waals surface area contributed by atoms with Gasteiger partial charge in [-0.05, 0) is 68.1 Å². The Balaban J connectivity index is 1.21. The molecule has 4 aliphatic rings. The molecule has 192 valence electrons. The number of ketones is 1. The van der Waals surface area contributed by atoms with Crippen LogP contribution in [0.4, 0.5) is 0 Å². The van der Waals surface area contributed by atoms with E-state index in [1.54, 1.807) is 5.57 Å². The molecule has 0 unspecified atom stereocenters. The van der Waals surface area contributed by atoms with Crippen molar-refractivity contribution < 1.29 is 14.3 Å². The van der Waals surface area contributed by atoms with Gasteiger partial charge >= 0.3 is 5.97 Å². The highest BCUT2D eigenvalue weighted by atomic mass is 16.5. The molecule has 0 aliphatic heterocycles. The van der Waals surface area contributed by atoms with Gasteiger partial charge in [-0.25, -0.2) is 0 Å². The first-order valence-electron chi connectivity index (χ1n) is 14.8. The minimum absolute atomic E-state index is 0.0173. The third-order valence-corrected chi connectivity index (χ3v) is 10.6. The molecular formula is C31H50O3. The fraction of sp³-hybridized carbons (Fsp3) is 0.871. The predicted octanol–water partition coefficient (Wildman–Crippen LogP) is 8.35. The Morgan fingerprint density at radius 3 is 2.29 bits per heavy atom. The van der Waals surface area contributed by atoms with Gasteiger partial charge in [0.05, 0.1) is 0 Å². The van der Waals surface area contributed by atoms with Crippen molar-refractivity contribution in [2.75, 3.05) is 0 Å². The van der Waals surface area contributed by atoms with E-state index in [1.165, 1.54) is 51.4 Å². The topological polar surface area (TPSA) is 43.4 Å². The number of carbonyl (C=O) groups is 2. The quantitative estimate of drug-likeness (QED) is 0.173. The molecule has 0 radical (unpaired) electrons. The first kappa shape index (κ1) is 26.0. The molecule has 0 amide bonds. The van der Waals surface area contributed by atoms with Crippen LogP contribution in [0, 0.1) is 28.6 Å². The molecule has 3 fully saturated rings. The molecule has 0 aromatic carbocycles. The summed E-state index contributed by atoms with van der Waals surface area (Å²) in [6, 6.07) is 0. The minimum atomic E-state index is -0.0509. The van der Waals surface area contributed by atoms with Crippen LogP contribution in [0.1, 0.15) is 136 Å². The van der Waals surface area contributed by atoms with Crippen molar-refractivity contribution in [3.63, 3.8) is 0 Å². The SMILES string of the molecule is CCCCCCCCCCCC(=O)O[C@H]1CC[C@@]2(C)C(=CC[C@@H]3[C@@H]2CC[C@]2(C)C(=O)CC[C@@H]32)C1. The normalized spacial score (nSPS) is 36.9. The number of unbranched alkanes of at least 4 members (excludes halogenated alkanes) is 8. The lowest BCUT2D eigenvalue weighted by molar-refractivity contribution is -0.151. The Bertz CT molecular complexity index is 754. The molecule has 3 heteroatoms. The Kier molecular flexibility index (Phi) is 8.62. The Labute approximate surface area is 208 Å². The summed E-state index contributed by atoms with van der Waals surface area (Å²) in [4.78, 5) is 25.1. The van der Waals surface area contributed by atoms with Crippen LogP contribution in [0.2, 0.25) is 0 Å².